The zero-order valence-electron chi connectivity index (χ0n) is 14.8. The number of fused-ring (bicyclic) bond motifs is 1. The van der Waals surface area contributed by atoms with E-state index in [0.717, 1.165) is 22.4 Å². The van der Waals surface area contributed by atoms with Gasteiger partial charge in [-0.15, -0.1) is 0 Å². The van der Waals surface area contributed by atoms with Crippen molar-refractivity contribution < 1.29 is 13.9 Å². The van der Waals surface area contributed by atoms with Gasteiger partial charge in [0.15, 0.2) is 11.6 Å². The maximum Gasteiger partial charge on any atom is 0.221 e. The molecule has 134 valence electrons. The van der Waals surface area contributed by atoms with Gasteiger partial charge in [0.2, 0.25) is 5.91 Å². The fraction of sp³-hybridized carbons (Fsp3) is 0.200. The summed E-state index contributed by atoms with van der Waals surface area (Å²) in [6, 6.07) is 10.8. The molecule has 0 bridgehead atoms. The Morgan fingerprint density at radius 2 is 1.88 bits per heavy atom. The van der Waals surface area contributed by atoms with Crippen LogP contribution in [-0.4, -0.2) is 22.6 Å². The number of carbonyl (C=O) groups is 1. The molecule has 0 aliphatic heterocycles. The number of nitrogens with zero attached hydrogens (tertiary/aromatic N) is 1. The van der Waals surface area contributed by atoms with Crippen LogP contribution in [0.25, 0.3) is 10.9 Å². The molecule has 3 rings (SSSR count). The minimum atomic E-state index is -0.490. The molecule has 0 aliphatic rings. The quantitative estimate of drug-likeness (QED) is 0.713. The molecule has 0 saturated heterocycles. The third kappa shape index (κ3) is 3.08. The number of primary amides is 1. The highest BCUT2D eigenvalue weighted by atomic mass is 32.1. The van der Waals surface area contributed by atoms with E-state index >= 15 is 0 Å². The Balaban J connectivity index is 2.28. The average molecular weight is 370 g/mol. The Labute approximate surface area is 156 Å². The molecule has 1 amide bonds. The zero-order valence-corrected chi connectivity index (χ0v) is 15.6. The molecule has 0 saturated carbocycles. The van der Waals surface area contributed by atoms with Crippen molar-refractivity contribution in [1.29, 1.82) is 0 Å². The van der Waals surface area contributed by atoms with Crippen LogP contribution in [0.5, 0.6) is 5.75 Å². The normalized spacial score (nSPS) is 10.9. The Morgan fingerprint density at radius 3 is 2.46 bits per heavy atom. The molecule has 0 fully saturated rings. The lowest BCUT2D eigenvalue weighted by Gasteiger charge is -2.11. The van der Waals surface area contributed by atoms with Crippen molar-refractivity contribution in [3.63, 3.8) is 0 Å². The average Bonchev–Trinajstić information content (AvgIpc) is 2.85. The van der Waals surface area contributed by atoms with Crippen molar-refractivity contribution >= 4 is 34.0 Å². The van der Waals surface area contributed by atoms with Crippen molar-refractivity contribution in [3.05, 3.63) is 64.6 Å². The van der Waals surface area contributed by atoms with Gasteiger partial charge in [0.25, 0.3) is 0 Å². The van der Waals surface area contributed by atoms with Gasteiger partial charge in [0, 0.05) is 22.7 Å². The highest BCUT2D eigenvalue weighted by Crippen LogP contribution is 2.32. The zero-order chi connectivity index (χ0) is 19.0. The van der Waals surface area contributed by atoms with E-state index < -0.39 is 11.7 Å². The number of hydrogen-bond acceptors (Lipinski definition) is 3. The molecule has 0 atom stereocenters. The number of benzene rings is 2. The predicted molar refractivity (Wildman–Crippen MR) is 104 cm³/mol. The van der Waals surface area contributed by atoms with Gasteiger partial charge in [-0.1, -0.05) is 42.0 Å². The molecule has 26 heavy (non-hydrogen) atoms. The summed E-state index contributed by atoms with van der Waals surface area (Å²) in [6.07, 6.45) is 0.0423. The summed E-state index contributed by atoms with van der Waals surface area (Å²) in [6.45, 7) is 3.85. The fourth-order valence-corrected chi connectivity index (χ4v) is 3.49. The van der Waals surface area contributed by atoms with Gasteiger partial charge in [-0.05, 0) is 25.5 Å². The first kappa shape index (κ1) is 18.1. The molecule has 2 aromatic carbocycles. The number of aryl methyl sites for hydroxylation is 1. The third-order valence-electron chi connectivity index (χ3n) is 4.46. The number of rotatable bonds is 4. The van der Waals surface area contributed by atoms with Gasteiger partial charge in [-0.3, -0.25) is 4.79 Å². The highest BCUT2D eigenvalue weighted by molar-refractivity contribution is 7.80. The summed E-state index contributed by atoms with van der Waals surface area (Å²) in [4.78, 5) is 12.1. The Hall–Kier alpha value is -2.73. The lowest BCUT2D eigenvalue weighted by atomic mass is 10.1. The van der Waals surface area contributed by atoms with Gasteiger partial charge in [-0.25, -0.2) is 4.39 Å². The second-order valence-electron chi connectivity index (χ2n) is 6.22. The van der Waals surface area contributed by atoms with Crippen LogP contribution in [0.2, 0.25) is 0 Å². The molecular weight excluding hydrogens is 351 g/mol. The lowest BCUT2D eigenvalue weighted by molar-refractivity contribution is -0.117. The number of methoxy groups -OCH3 is 1. The first-order chi connectivity index (χ1) is 12.3. The molecule has 2 N–H and O–H groups in total. The minimum Gasteiger partial charge on any atom is -0.494 e. The molecule has 0 radical (unpaired) electrons. The summed E-state index contributed by atoms with van der Waals surface area (Å²) in [5, 5.41) is 0.703. The third-order valence-corrected chi connectivity index (χ3v) is 4.88. The first-order valence-electron chi connectivity index (χ1n) is 8.10. The van der Waals surface area contributed by atoms with Gasteiger partial charge in [0.1, 0.15) is 4.99 Å². The molecule has 6 heteroatoms. The number of ether oxygens (including phenoxy) is 1. The van der Waals surface area contributed by atoms with Crippen LogP contribution in [0.4, 0.5) is 4.39 Å². The summed E-state index contributed by atoms with van der Waals surface area (Å²) < 4.78 is 21.2. The molecular formula is C20H19FN2O2S. The molecule has 0 spiro atoms. The van der Waals surface area contributed by atoms with Crippen LogP contribution in [-0.2, 0) is 11.2 Å². The van der Waals surface area contributed by atoms with Gasteiger partial charge < -0.3 is 15.0 Å². The van der Waals surface area contributed by atoms with E-state index in [4.69, 9.17) is 22.7 Å². The molecule has 0 aliphatic carbocycles. The smallest absolute Gasteiger partial charge is 0.221 e. The molecule has 1 heterocycles. The number of hydrogen-bond donors (Lipinski definition) is 1. The SMILES string of the molecule is COc1cc2c(CC(N)=O)c(C)n(C(=S)c3ccc(C)cc3)c2cc1F. The van der Waals surface area contributed by atoms with E-state index in [1.54, 1.807) is 10.6 Å². The van der Waals surface area contributed by atoms with E-state index in [-0.39, 0.29) is 12.2 Å². The molecule has 3 aromatic rings. The fourth-order valence-electron chi connectivity index (χ4n) is 3.12. The van der Waals surface area contributed by atoms with E-state index in [1.165, 1.54) is 13.2 Å². The van der Waals surface area contributed by atoms with Crippen molar-refractivity contribution in [2.24, 2.45) is 5.73 Å². The van der Waals surface area contributed by atoms with Crippen molar-refractivity contribution in [2.75, 3.05) is 7.11 Å². The van der Waals surface area contributed by atoms with Crippen LogP contribution in [0.1, 0.15) is 22.4 Å². The van der Waals surface area contributed by atoms with Crippen LogP contribution >= 0.6 is 12.2 Å². The van der Waals surface area contributed by atoms with Crippen molar-refractivity contribution in [3.8, 4) is 5.75 Å². The Morgan fingerprint density at radius 1 is 1.23 bits per heavy atom. The maximum absolute atomic E-state index is 14.3. The summed E-state index contributed by atoms with van der Waals surface area (Å²) in [7, 11) is 1.40. The Kier molecular flexibility index (Phi) is 4.78. The Bertz CT molecular complexity index is 1020. The number of thiocarbonyl (C=S) groups is 1. The summed E-state index contributed by atoms with van der Waals surface area (Å²) >= 11 is 5.67. The second-order valence-corrected chi connectivity index (χ2v) is 6.60. The number of nitrogens with two attached hydrogens (primary N) is 1. The van der Waals surface area contributed by atoms with Crippen LogP contribution in [0.15, 0.2) is 36.4 Å². The van der Waals surface area contributed by atoms with Gasteiger partial charge in [0.05, 0.1) is 19.0 Å². The number of halogens is 1. The van der Waals surface area contributed by atoms with E-state index in [9.17, 15) is 9.18 Å². The van der Waals surface area contributed by atoms with Crippen LogP contribution < -0.4 is 10.5 Å². The van der Waals surface area contributed by atoms with E-state index in [0.29, 0.717) is 15.9 Å². The van der Waals surface area contributed by atoms with Gasteiger partial charge in [-0.2, -0.15) is 0 Å². The minimum absolute atomic E-state index is 0.0423. The topological polar surface area (TPSA) is 57.2 Å². The number of aromatic nitrogens is 1. The number of carbonyl (C=O) groups excluding carboxylic acids is 1. The molecule has 0 unspecified atom stereocenters. The largest absolute Gasteiger partial charge is 0.494 e. The highest BCUT2D eigenvalue weighted by Gasteiger charge is 2.21. The van der Waals surface area contributed by atoms with Gasteiger partial charge >= 0.3 is 0 Å². The van der Waals surface area contributed by atoms with Crippen LogP contribution in [0.3, 0.4) is 0 Å². The van der Waals surface area contributed by atoms with Crippen molar-refractivity contribution in [1.82, 2.24) is 4.57 Å². The standard InChI is InChI=1S/C20H19FN2O2S/c1-11-4-6-13(7-5-11)20(26)23-12(2)14(9-19(22)24)15-8-18(25-3)16(21)10-17(15)23/h4-8,10H,9H2,1-3H3,(H2,22,24). The predicted octanol–water partition coefficient (Wildman–Crippen LogP) is 3.66. The summed E-state index contributed by atoms with van der Waals surface area (Å²) in [5.41, 5.74) is 9.44. The lowest BCUT2D eigenvalue weighted by Crippen LogP contribution is -2.16. The summed E-state index contributed by atoms with van der Waals surface area (Å²) in [5.74, 6) is -0.839. The van der Waals surface area contributed by atoms with Crippen molar-refractivity contribution in [2.45, 2.75) is 20.3 Å². The maximum atomic E-state index is 14.3. The second kappa shape index (κ2) is 6.88. The van der Waals surface area contributed by atoms with E-state index in [1.807, 2.05) is 38.1 Å². The molecule has 4 nitrogen and oxygen atoms in total. The number of amides is 1. The van der Waals surface area contributed by atoms with E-state index in [2.05, 4.69) is 0 Å². The van der Waals surface area contributed by atoms with Crippen LogP contribution in [0, 0.1) is 19.7 Å². The first-order valence-corrected chi connectivity index (χ1v) is 8.51. The monoisotopic (exact) mass is 370 g/mol. The molecule has 1 aromatic heterocycles.